The number of rotatable bonds is 6. The second kappa shape index (κ2) is 7.85. The Morgan fingerprint density at radius 2 is 2.21 bits per heavy atom. The second-order valence-electron chi connectivity index (χ2n) is 6.06. The molecule has 0 radical (unpaired) electrons. The molecule has 1 heterocycles. The molecule has 0 aliphatic heterocycles. The quantitative estimate of drug-likeness (QED) is 0.844. The molecule has 128 valence electrons. The number of aryl methyl sites for hydroxylation is 2. The van der Waals surface area contributed by atoms with Crippen LogP contribution in [0.2, 0.25) is 0 Å². The first-order chi connectivity index (χ1) is 11.6. The van der Waals surface area contributed by atoms with E-state index in [1.54, 1.807) is 17.4 Å². The molecular weight excluding hydrogens is 327 g/mol. The van der Waals surface area contributed by atoms with E-state index in [0.29, 0.717) is 18.5 Å². The van der Waals surface area contributed by atoms with Crippen LogP contribution in [-0.2, 0) is 24.1 Å². The molecule has 1 aliphatic rings. The number of carbonyl (C=O) groups excluding carboxylic acids is 1. The lowest BCUT2D eigenvalue weighted by Gasteiger charge is -2.11. The summed E-state index contributed by atoms with van der Waals surface area (Å²) in [5, 5.41) is 13.9. The van der Waals surface area contributed by atoms with E-state index in [-0.39, 0.29) is 12.3 Å². The topological polar surface area (TPSA) is 62.2 Å². The van der Waals surface area contributed by atoms with Crippen LogP contribution in [0.15, 0.2) is 24.3 Å². The molecule has 0 saturated carbocycles. The number of benzene rings is 1. The van der Waals surface area contributed by atoms with Crippen LogP contribution in [0.4, 0.5) is 4.39 Å². The van der Waals surface area contributed by atoms with Crippen LogP contribution in [0.3, 0.4) is 0 Å². The highest BCUT2D eigenvalue weighted by Crippen LogP contribution is 2.26. The van der Waals surface area contributed by atoms with Crippen molar-refractivity contribution >= 4 is 17.2 Å². The van der Waals surface area contributed by atoms with Crippen LogP contribution in [0.5, 0.6) is 0 Å². The lowest BCUT2D eigenvalue weighted by Crippen LogP contribution is -2.27. The fourth-order valence-corrected chi connectivity index (χ4v) is 4.06. The van der Waals surface area contributed by atoms with Crippen LogP contribution in [-0.4, -0.2) is 22.5 Å². The van der Waals surface area contributed by atoms with Crippen LogP contribution in [0, 0.1) is 5.82 Å². The Bertz CT molecular complexity index is 693. The van der Waals surface area contributed by atoms with Crippen LogP contribution >= 0.6 is 11.3 Å². The first kappa shape index (κ1) is 17.0. The summed E-state index contributed by atoms with van der Waals surface area (Å²) in [6.45, 7) is 0.501. The molecule has 0 spiro atoms. The molecule has 6 heteroatoms. The summed E-state index contributed by atoms with van der Waals surface area (Å²) < 4.78 is 13.1. The summed E-state index contributed by atoms with van der Waals surface area (Å²) in [6.07, 6.45) is 4.29. The van der Waals surface area contributed by atoms with Crippen molar-refractivity contribution in [3.05, 3.63) is 51.2 Å². The average molecular weight is 348 g/mol. The van der Waals surface area contributed by atoms with Crippen molar-refractivity contribution < 1.29 is 14.3 Å². The zero-order valence-corrected chi connectivity index (χ0v) is 14.2. The average Bonchev–Trinajstić information content (AvgIpc) is 2.97. The van der Waals surface area contributed by atoms with E-state index in [1.807, 2.05) is 0 Å². The van der Waals surface area contributed by atoms with Gasteiger partial charge in [-0.05, 0) is 43.4 Å². The number of aromatic nitrogens is 1. The molecule has 1 amide bonds. The normalized spacial score (nSPS) is 14.9. The number of aliphatic hydroxyl groups is 1. The minimum absolute atomic E-state index is 0.0716. The van der Waals surface area contributed by atoms with Gasteiger partial charge in [-0.1, -0.05) is 12.1 Å². The van der Waals surface area contributed by atoms with Crippen molar-refractivity contribution in [3.63, 3.8) is 0 Å². The molecular formula is C18H21FN2O2S. The molecule has 2 aromatic rings. The summed E-state index contributed by atoms with van der Waals surface area (Å²) in [7, 11) is 0. The van der Waals surface area contributed by atoms with Gasteiger partial charge in [-0.25, -0.2) is 9.37 Å². The van der Waals surface area contributed by atoms with Crippen molar-refractivity contribution in [2.45, 2.75) is 44.6 Å². The predicted molar refractivity (Wildman–Crippen MR) is 91.4 cm³/mol. The second-order valence-corrected chi connectivity index (χ2v) is 7.23. The maximum Gasteiger partial charge on any atom is 0.222 e. The number of fused-ring (bicyclic) bond motifs is 1. The molecule has 0 bridgehead atoms. The number of thiazole rings is 1. The number of nitrogens with one attached hydrogen (secondary N) is 1. The fourth-order valence-electron chi connectivity index (χ4n) is 2.90. The van der Waals surface area contributed by atoms with E-state index < -0.39 is 11.9 Å². The van der Waals surface area contributed by atoms with E-state index >= 15 is 0 Å². The number of aliphatic hydroxyl groups excluding tert-OH is 1. The highest BCUT2D eigenvalue weighted by molar-refractivity contribution is 7.11. The van der Waals surface area contributed by atoms with Gasteiger partial charge in [0.05, 0.1) is 23.2 Å². The molecule has 2 N–H and O–H groups in total. The van der Waals surface area contributed by atoms with Crippen molar-refractivity contribution in [3.8, 4) is 0 Å². The minimum Gasteiger partial charge on any atom is -0.388 e. The predicted octanol–water partition coefficient (Wildman–Crippen LogP) is 2.94. The van der Waals surface area contributed by atoms with Gasteiger partial charge in [0.1, 0.15) is 5.82 Å². The summed E-state index contributed by atoms with van der Waals surface area (Å²) in [5.41, 5.74) is 1.65. The van der Waals surface area contributed by atoms with Crippen LogP contribution < -0.4 is 5.32 Å². The standard InChI is InChI=1S/C18H21FN2O2S/c19-13-5-3-4-12(10-13)15(22)11-17(23)20-9-8-18-21-14-6-1-2-7-16(14)24-18/h3-5,10,15,22H,1-2,6-9,11H2,(H,20,23). The Balaban J connectivity index is 1.44. The molecule has 0 saturated heterocycles. The molecule has 24 heavy (non-hydrogen) atoms. The maximum atomic E-state index is 13.1. The van der Waals surface area contributed by atoms with Gasteiger partial charge in [0.25, 0.3) is 0 Å². The molecule has 1 aromatic heterocycles. The van der Waals surface area contributed by atoms with Gasteiger partial charge in [-0.3, -0.25) is 4.79 Å². The molecule has 4 nitrogen and oxygen atoms in total. The van der Waals surface area contributed by atoms with Gasteiger partial charge in [0.2, 0.25) is 5.91 Å². The molecule has 0 fully saturated rings. The van der Waals surface area contributed by atoms with Gasteiger partial charge in [0.15, 0.2) is 0 Å². The van der Waals surface area contributed by atoms with Gasteiger partial charge in [-0.2, -0.15) is 0 Å². The number of hydrogen-bond donors (Lipinski definition) is 2. The number of carbonyl (C=O) groups is 1. The largest absolute Gasteiger partial charge is 0.388 e. The first-order valence-electron chi connectivity index (χ1n) is 8.29. The van der Waals surface area contributed by atoms with E-state index in [2.05, 4.69) is 10.3 Å². The van der Waals surface area contributed by atoms with Gasteiger partial charge in [-0.15, -0.1) is 11.3 Å². The van der Waals surface area contributed by atoms with E-state index in [1.165, 1.54) is 41.6 Å². The van der Waals surface area contributed by atoms with Crippen LogP contribution in [0.25, 0.3) is 0 Å². The monoisotopic (exact) mass is 348 g/mol. The molecule has 1 aliphatic carbocycles. The van der Waals surface area contributed by atoms with Gasteiger partial charge in [0, 0.05) is 17.8 Å². The Labute approximate surface area is 144 Å². The molecule has 1 aromatic carbocycles. The Kier molecular flexibility index (Phi) is 5.58. The van der Waals surface area contributed by atoms with E-state index in [9.17, 15) is 14.3 Å². The summed E-state index contributed by atoms with van der Waals surface area (Å²) in [5.74, 6) is -0.659. The van der Waals surface area contributed by atoms with Gasteiger partial charge < -0.3 is 10.4 Å². The Hall–Kier alpha value is -1.79. The van der Waals surface area contributed by atoms with Crippen LogP contribution in [0.1, 0.15) is 46.5 Å². The zero-order valence-electron chi connectivity index (χ0n) is 13.4. The lowest BCUT2D eigenvalue weighted by atomic mass is 10.0. The minimum atomic E-state index is -0.993. The van der Waals surface area contributed by atoms with Crippen molar-refractivity contribution in [1.29, 1.82) is 0 Å². The third kappa shape index (κ3) is 4.39. The lowest BCUT2D eigenvalue weighted by molar-refractivity contribution is -0.123. The van der Waals surface area contributed by atoms with E-state index in [4.69, 9.17) is 0 Å². The first-order valence-corrected chi connectivity index (χ1v) is 9.11. The molecule has 1 unspecified atom stereocenters. The summed E-state index contributed by atoms with van der Waals surface area (Å²) in [6, 6.07) is 5.69. The highest BCUT2D eigenvalue weighted by Gasteiger charge is 2.16. The third-order valence-corrected chi connectivity index (χ3v) is 5.38. The zero-order chi connectivity index (χ0) is 16.9. The summed E-state index contributed by atoms with van der Waals surface area (Å²) >= 11 is 1.75. The number of hydrogen-bond acceptors (Lipinski definition) is 4. The number of amides is 1. The van der Waals surface area contributed by atoms with Gasteiger partial charge >= 0.3 is 0 Å². The SMILES string of the molecule is O=C(CC(O)c1cccc(F)c1)NCCc1nc2c(s1)CCCC2. The number of halogens is 1. The third-order valence-electron chi connectivity index (χ3n) is 4.16. The number of nitrogens with zero attached hydrogens (tertiary/aromatic N) is 1. The van der Waals surface area contributed by atoms with Crippen molar-refractivity contribution in [2.75, 3.05) is 6.54 Å². The highest BCUT2D eigenvalue weighted by atomic mass is 32.1. The Morgan fingerprint density at radius 1 is 1.38 bits per heavy atom. The van der Waals surface area contributed by atoms with Crippen molar-refractivity contribution in [1.82, 2.24) is 10.3 Å². The Morgan fingerprint density at radius 3 is 3.00 bits per heavy atom. The molecule has 3 rings (SSSR count). The smallest absolute Gasteiger partial charge is 0.222 e. The van der Waals surface area contributed by atoms with Crippen molar-refractivity contribution in [2.24, 2.45) is 0 Å². The summed E-state index contributed by atoms with van der Waals surface area (Å²) in [4.78, 5) is 17.9. The van der Waals surface area contributed by atoms with E-state index in [0.717, 1.165) is 17.8 Å². The maximum absolute atomic E-state index is 13.1. The fraction of sp³-hybridized carbons (Fsp3) is 0.444. The molecule has 1 atom stereocenters.